The van der Waals surface area contributed by atoms with Crippen molar-refractivity contribution in [3.63, 3.8) is 0 Å². The summed E-state index contributed by atoms with van der Waals surface area (Å²) in [7, 11) is 0. The van der Waals surface area contributed by atoms with Crippen LogP contribution in [0.1, 0.15) is 18.9 Å². The number of rotatable bonds is 2. The maximum absolute atomic E-state index is 11.7. The zero-order valence-corrected chi connectivity index (χ0v) is 13.4. The van der Waals surface area contributed by atoms with Gasteiger partial charge in [0.15, 0.2) is 0 Å². The van der Waals surface area contributed by atoms with Gasteiger partial charge in [-0.2, -0.15) is 0 Å². The number of carbonyl (C=O) groups is 1. The third kappa shape index (κ3) is 3.89. The second kappa shape index (κ2) is 7.11. The molecule has 23 heavy (non-hydrogen) atoms. The monoisotopic (exact) mass is 313 g/mol. The molecule has 0 aromatic heterocycles. The average molecular weight is 313 g/mol. The van der Waals surface area contributed by atoms with Gasteiger partial charge in [0, 0.05) is 6.61 Å². The Bertz CT molecular complexity index is 680. The van der Waals surface area contributed by atoms with Crippen molar-refractivity contribution in [3.8, 4) is 0 Å². The number of esters is 1. The first-order chi connectivity index (χ1) is 11.1. The highest BCUT2D eigenvalue weighted by molar-refractivity contribution is 5.85. The van der Waals surface area contributed by atoms with Crippen molar-refractivity contribution in [2.75, 3.05) is 13.2 Å². The molecule has 0 spiro atoms. The number of carbonyl (C=O) groups excluding carboxylic acids is 1. The molecule has 1 aliphatic rings. The maximum atomic E-state index is 11.7. The summed E-state index contributed by atoms with van der Waals surface area (Å²) in [5.41, 5.74) is 7.06. The van der Waals surface area contributed by atoms with Crippen molar-refractivity contribution in [2.45, 2.75) is 31.9 Å². The lowest BCUT2D eigenvalue weighted by Gasteiger charge is -2.20. The summed E-state index contributed by atoms with van der Waals surface area (Å²) >= 11 is 0. The van der Waals surface area contributed by atoms with E-state index in [0.717, 1.165) is 12.8 Å². The first kappa shape index (κ1) is 16.0. The van der Waals surface area contributed by atoms with Crippen molar-refractivity contribution >= 4 is 16.7 Å². The summed E-state index contributed by atoms with van der Waals surface area (Å²) in [4.78, 5) is 11.7. The molecule has 1 aliphatic heterocycles. The number of ether oxygens (including phenoxy) is 2. The van der Waals surface area contributed by atoms with Crippen LogP contribution >= 0.6 is 0 Å². The first-order valence-corrected chi connectivity index (χ1v) is 8.14. The summed E-state index contributed by atoms with van der Waals surface area (Å²) in [5, 5.41) is 2.52. The molecule has 2 unspecified atom stereocenters. The van der Waals surface area contributed by atoms with Crippen molar-refractivity contribution in [3.05, 3.63) is 48.0 Å². The molecule has 4 nitrogen and oxygen atoms in total. The fraction of sp³-hybridized carbons (Fsp3) is 0.421. The molecule has 1 heterocycles. The van der Waals surface area contributed by atoms with Crippen LogP contribution in [-0.2, 0) is 20.7 Å². The van der Waals surface area contributed by atoms with Gasteiger partial charge in [0.1, 0.15) is 6.04 Å². The molecule has 1 fully saturated rings. The van der Waals surface area contributed by atoms with Crippen molar-refractivity contribution in [1.29, 1.82) is 0 Å². The quantitative estimate of drug-likeness (QED) is 0.866. The van der Waals surface area contributed by atoms with Gasteiger partial charge in [-0.05, 0) is 42.0 Å². The summed E-state index contributed by atoms with van der Waals surface area (Å²) in [5.74, 6) is -0.0720. The van der Waals surface area contributed by atoms with E-state index in [-0.39, 0.29) is 18.7 Å². The van der Waals surface area contributed by atoms with Crippen LogP contribution in [-0.4, -0.2) is 31.3 Å². The van der Waals surface area contributed by atoms with Crippen LogP contribution in [0.2, 0.25) is 0 Å². The predicted molar refractivity (Wildman–Crippen MR) is 90.1 cm³/mol. The highest BCUT2D eigenvalue weighted by Gasteiger charge is 2.24. The number of hydrogen-bond donors (Lipinski definition) is 1. The van der Waals surface area contributed by atoms with Gasteiger partial charge >= 0.3 is 5.97 Å². The highest BCUT2D eigenvalue weighted by atomic mass is 16.5. The molecule has 2 aromatic rings. The molecule has 0 bridgehead atoms. The molecule has 3 rings (SSSR count). The number of fused-ring (bicyclic) bond motifs is 1. The van der Waals surface area contributed by atoms with Gasteiger partial charge in [-0.3, -0.25) is 4.79 Å². The summed E-state index contributed by atoms with van der Waals surface area (Å²) in [6, 6.07) is 14.1. The van der Waals surface area contributed by atoms with E-state index in [1.807, 2.05) is 6.92 Å². The average Bonchev–Trinajstić information content (AvgIpc) is 2.59. The Balaban J connectivity index is 1.78. The minimum atomic E-state index is -0.686. The zero-order chi connectivity index (χ0) is 16.2. The van der Waals surface area contributed by atoms with Crippen LogP contribution in [0, 0.1) is 5.92 Å². The van der Waals surface area contributed by atoms with E-state index in [4.69, 9.17) is 15.2 Å². The number of benzene rings is 2. The molecule has 0 saturated carbocycles. The van der Waals surface area contributed by atoms with Gasteiger partial charge in [0.05, 0.1) is 12.7 Å². The van der Waals surface area contributed by atoms with Gasteiger partial charge in [-0.15, -0.1) is 0 Å². The molecule has 0 amide bonds. The molecule has 2 N–H and O–H groups in total. The predicted octanol–water partition coefficient (Wildman–Crippen LogP) is 2.68. The Labute approximate surface area is 136 Å². The molecule has 4 heteroatoms. The van der Waals surface area contributed by atoms with E-state index in [2.05, 4.69) is 42.5 Å². The van der Waals surface area contributed by atoms with Crippen LogP contribution in [0.25, 0.3) is 10.8 Å². The lowest BCUT2D eigenvalue weighted by Crippen LogP contribution is -2.37. The van der Waals surface area contributed by atoms with E-state index in [0.29, 0.717) is 12.5 Å². The number of hydrogen-bond acceptors (Lipinski definition) is 4. The van der Waals surface area contributed by atoms with Gasteiger partial charge < -0.3 is 15.2 Å². The summed E-state index contributed by atoms with van der Waals surface area (Å²) < 4.78 is 11.1. The van der Waals surface area contributed by atoms with Gasteiger partial charge in [-0.25, -0.2) is 0 Å². The topological polar surface area (TPSA) is 61.5 Å². The normalized spacial score (nSPS) is 26.2. The number of cyclic esters (lactones) is 1. The molecular weight excluding hydrogens is 290 g/mol. The van der Waals surface area contributed by atoms with E-state index in [1.165, 1.54) is 16.3 Å². The molecular formula is C19H23NO3. The van der Waals surface area contributed by atoms with Crippen LogP contribution in [0.15, 0.2) is 42.5 Å². The van der Waals surface area contributed by atoms with Crippen LogP contribution in [0.4, 0.5) is 0 Å². The minimum Gasteiger partial charge on any atom is -0.461 e. The van der Waals surface area contributed by atoms with E-state index in [9.17, 15) is 4.79 Å². The van der Waals surface area contributed by atoms with Gasteiger partial charge in [0.2, 0.25) is 0 Å². The zero-order valence-electron chi connectivity index (χ0n) is 13.4. The highest BCUT2D eigenvalue weighted by Crippen LogP contribution is 2.24. The lowest BCUT2D eigenvalue weighted by molar-refractivity contribution is -0.150. The molecule has 122 valence electrons. The fourth-order valence-corrected chi connectivity index (χ4v) is 3.22. The Morgan fingerprint density at radius 2 is 1.91 bits per heavy atom. The number of nitrogens with two attached hydrogens (primary N) is 1. The van der Waals surface area contributed by atoms with Crippen LogP contribution in [0.5, 0.6) is 0 Å². The van der Waals surface area contributed by atoms with E-state index in [1.54, 1.807) is 0 Å². The van der Waals surface area contributed by atoms with Crippen molar-refractivity contribution in [1.82, 2.24) is 0 Å². The Hall–Kier alpha value is -1.91. The van der Waals surface area contributed by atoms with E-state index >= 15 is 0 Å². The second-order valence-electron chi connectivity index (χ2n) is 6.34. The lowest BCUT2D eigenvalue weighted by atomic mass is 9.92. The van der Waals surface area contributed by atoms with Gasteiger partial charge in [0.25, 0.3) is 0 Å². The van der Waals surface area contributed by atoms with Crippen LogP contribution in [0.3, 0.4) is 0 Å². The summed E-state index contributed by atoms with van der Waals surface area (Å²) in [6.45, 7) is 2.74. The summed E-state index contributed by atoms with van der Waals surface area (Å²) in [6.07, 6.45) is 1.54. The van der Waals surface area contributed by atoms with E-state index < -0.39 is 6.04 Å². The van der Waals surface area contributed by atoms with Gasteiger partial charge in [-0.1, -0.05) is 42.5 Å². The van der Waals surface area contributed by atoms with Crippen molar-refractivity contribution < 1.29 is 14.3 Å². The smallest absolute Gasteiger partial charge is 0.325 e. The largest absolute Gasteiger partial charge is 0.461 e. The molecule has 0 radical (unpaired) electrons. The third-order valence-corrected chi connectivity index (χ3v) is 4.32. The molecule has 2 aromatic carbocycles. The molecule has 0 aliphatic carbocycles. The Kier molecular flexibility index (Phi) is 4.94. The third-order valence-electron chi connectivity index (χ3n) is 4.32. The van der Waals surface area contributed by atoms with Crippen molar-refractivity contribution in [2.24, 2.45) is 11.7 Å². The molecule has 1 saturated heterocycles. The SMILES string of the molecule is CC1CC(Cc2cccc3ccccc23)COC[C@H](N)C(=O)O1. The maximum Gasteiger partial charge on any atom is 0.325 e. The fourth-order valence-electron chi connectivity index (χ4n) is 3.22. The Morgan fingerprint density at radius 1 is 1.13 bits per heavy atom. The minimum absolute atomic E-state index is 0.143. The molecule has 3 atom stereocenters. The Morgan fingerprint density at radius 3 is 2.78 bits per heavy atom. The first-order valence-electron chi connectivity index (χ1n) is 8.14. The second-order valence-corrected chi connectivity index (χ2v) is 6.34. The van der Waals surface area contributed by atoms with Crippen LogP contribution < -0.4 is 5.73 Å². The standard InChI is InChI=1S/C19H23NO3/c1-13-9-14(11-22-12-18(20)19(21)23-13)10-16-7-4-6-15-5-2-3-8-17(15)16/h2-8,13-14,18H,9-12,20H2,1H3/t13?,14?,18-/m0/s1.